The van der Waals surface area contributed by atoms with Gasteiger partial charge < -0.3 is 4.90 Å². The summed E-state index contributed by atoms with van der Waals surface area (Å²) in [6.07, 6.45) is 6.00. The number of anilines is 1. The van der Waals surface area contributed by atoms with E-state index in [4.69, 9.17) is 0 Å². The van der Waals surface area contributed by atoms with E-state index in [0.717, 1.165) is 35.7 Å². The quantitative estimate of drug-likeness (QED) is 0.620. The number of aromatic nitrogens is 4. The third-order valence-electron chi connectivity index (χ3n) is 6.17. The first kappa shape index (κ1) is 20.4. The van der Waals surface area contributed by atoms with E-state index >= 15 is 0 Å². The van der Waals surface area contributed by atoms with Gasteiger partial charge in [-0.2, -0.15) is 4.31 Å². The molecule has 0 atom stereocenters. The lowest BCUT2D eigenvalue weighted by Crippen LogP contribution is -2.49. The summed E-state index contributed by atoms with van der Waals surface area (Å²) in [5, 5.41) is 8.75. The molecular weight excluding hydrogens is 412 g/mol. The molecule has 2 fully saturated rings. The molecule has 1 saturated heterocycles. The van der Waals surface area contributed by atoms with Crippen LogP contribution in [0.3, 0.4) is 0 Å². The van der Waals surface area contributed by atoms with Gasteiger partial charge in [-0.15, -0.1) is 10.2 Å². The highest BCUT2D eigenvalue weighted by molar-refractivity contribution is 7.89. The van der Waals surface area contributed by atoms with Crippen molar-refractivity contribution in [2.45, 2.75) is 49.8 Å². The Morgan fingerprint density at radius 3 is 2.26 bits per heavy atom. The molecule has 0 N–H and O–H groups in total. The molecule has 1 aromatic carbocycles. The number of sulfonamides is 1. The van der Waals surface area contributed by atoms with Gasteiger partial charge in [-0.3, -0.25) is 4.40 Å². The third-order valence-corrected chi connectivity index (χ3v) is 8.09. The Balaban J connectivity index is 1.33. The van der Waals surface area contributed by atoms with Gasteiger partial charge in [-0.05, 0) is 36.0 Å². The van der Waals surface area contributed by atoms with E-state index in [0.29, 0.717) is 37.0 Å². The Morgan fingerprint density at radius 2 is 1.65 bits per heavy atom. The Morgan fingerprint density at radius 1 is 0.968 bits per heavy atom. The van der Waals surface area contributed by atoms with E-state index < -0.39 is 10.0 Å². The lowest BCUT2D eigenvalue weighted by Gasteiger charge is -2.34. The minimum Gasteiger partial charge on any atom is -0.351 e. The van der Waals surface area contributed by atoms with Gasteiger partial charge in [0.15, 0.2) is 5.82 Å². The second-order valence-electron chi connectivity index (χ2n) is 9.44. The second kappa shape index (κ2) is 7.27. The molecule has 2 aliphatic rings. The summed E-state index contributed by atoms with van der Waals surface area (Å²) in [5.41, 5.74) is 1.86. The van der Waals surface area contributed by atoms with E-state index in [2.05, 4.69) is 40.9 Å². The van der Waals surface area contributed by atoms with Crippen molar-refractivity contribution in [3.8, 4) is 0 Å². The van der Waals surface area contributed by atoms with Gasteiger partial charge in [0.05, 0.1) is 4.90 Å². The van der Waals surface area contributed by atoms with Crippen molar-refractivity contribution < 1.29 is 8.42 Å². The Kier molecular flexibility index (Phi) is 4.78. The molecule has 3 aromatic rings. The maximum Gasteiger partial charge on any atom is 0.243 e. The van der Waals surface area contributed by atoms with Crippen LogP contribution in [0.2, 0.25) is 0 Å². The number of nitrogens with zero attached hydrogens (tertiary/aromatic N) is 6. The van der Waals surface area contributed by atoms with Gasteiger partial charge in [0, 0.05) is 44.5 Å². The molecule has 1 saturated carbocycles. The van der Waals surface area contributed by atoms with E-state index in [1.807, 2.05) is 22.7 Å². The summed E-state index contributed by atoms with van der Waals surface area (Å²) >= 11 is 0. The number of rotatable bonds is 4. The second-order valence-corrected chi connectivity index (χ2v) is 11.4. The maximum atomic E-state index is 13.2. The standard InChI is InChI=1S/C22H28N6O2S/c1-22(2,3)17-6-8-18(9-7-17)31(29,30)27-14-12-26(13-15-27)20-21-25-24-19(16-4-5-16)28(21)11-10-23-20/h6-11,16H,4-5,12-15H2,1-3H3. The highest BCUT2D eigenvalue weighted by atomic mass is 32.2. The summed E-state index contributed by atoms with van der Waals surface area (Å²) in [7, 11) is -3.52. The zero-order valence-corrected chi connectivity index (χ0v) is 19.0. The molecule has 1 aliphatic carbocycles. The van der Waals surface area contributed by atoms with Crippen LogP contribution >= 0.6 is 0 Å². The van der Waals surface area contributed by atoms with Crippen molar-refractivity contribution >= 4 is 21.5 Å². The fourth-order valence-electron chi connectivity index (χ4n) is 4.09. The maximum absolute atomic E-state index is 13.2. The van der Waals surface area contributed by atoms with Crippen LogP contribution in [0, 0.1) is 0 Å². The summed E-state index contributed by atoms with van der Waals surface area (Å²) in [6.45, 7) is 8.31. The van der Waals surface area contributed by atoms with Crippen molar-refractivity contribution in [3.05, 3.63) is 48.0 Å². The van der Waals surface area contributed by atoms with Crippen LogP contribution in [-0.2, 0) is 15.4 Å². The van der Waals surface area contributed by atoms with Crippen LogP contribution in [0.25, 0.3) is 5.65 Å². The van der Waals surface area contributed by atoms with Crippen molar-refractivity contribution in [2.24, 2.45) is 0 Å². The van der Waals surface area contributed by atoms with Crippen LogP contribution in [0.5, 0.6) is 0 Å². The third kappa shape index (κ3) is 3.70. The molecule has 0 radical (unpaired) electrons. The first-order valence-electron chi connectivity index (χ1n) is 10.8. The minimum absolute atomic E-state index is 0.0109. The van der Waals surface area contributed by atoms with Crippen LogP contribution in [-0.4, -0.2) is 58.5 Å². The molecule has 31 heavy (non-hydrogen) atoms. The number of piperazine rings is 1. The van der Waals surface area contributed by atoms with E-state index in [1.165, 1.54) is 0 Å². The van der Waals surface area contributed by atoms with Crippen LogP contribution in [0.4, 0.5) is 5.82 Å². The molecule has 0 spiro atoms. The monoisotopic (exact) mass is 440 g/mol. The molecule has 8 nitrogen and oxygen atoms in total. The average molecular weight is 441 g/mol. The smallest absolute Gasteiger partial charge is 0.243 e. The lowest BCUT2D eigenvalue weighted by atomic mass is 9.87. The van der Waals surface area contributed by atoms with Crippen molar-refractivity contribution in [1.82, 2.24) is 23.9 Å². The first-order valence-corrected chi connectivity index (χ1v) is 12.2. The van der Waals surface area contributed by atoms with Crippen LogP contribution in [0.1, 0.15) is 50.9 Å². The van der Waals surface area contributed by atoms with Gasteiger partial charge in [0.25, 0.3) is 0 Å². The molecule has 5 rings (SSSR count). The molecule has 2 aromatic heterocycles. The van der Waals surface area contributed by atoms with E-state index in [1.54, 1.807) is 22.6 Å². The Labute approximate surface area is 183 Å². The number of fused-ring (bicyclic) bond motifs is 1. The molecule has 0 bridgehead atoms. The predicted octanol–water partition coefficient (Wildman–Crippen LogP) is 2.81. The van der Waals surface area contributed by atoms with Gasteiger partial charge in [0.2, 0.25) is 15.7 Å². The zero-order chi connectivity index (χ0) is 21.8. The van der Waals surface area contributed by atoms with Gasteiger partial charge in [-0.25, -0.2) is 13.4 Å². The van der Waals surface area contributed by atoms with Crippen LogP contribution in [0.15, 0.2) is 41.6 Å². The Hall–Kier alpha value is -2.52. The molecule has 1 aliphatic heterocycles. The minimum atomic E-state index is -3.52. The highest BCUT2D eigenvalue weighted by Gasteiger charge is 2.32. The molecule has 0 unspecified atom stereocenters. The molecule has 0 amide bonds. The first-order chi connectivity index (χ1) is 14.7. The average Bonchev–Trinajstić information content (AvgIpc) is 3.51. The lowest BCUT2D eigenvalue weighted by molar-refractivity contribution is 0.384. The largest absolute Gasteiger partial charge is 0.351 e. The normalized spacial score (nSPS) is 18.6. The fourth-order valence-corrected chi connectivity index (χ4v) is 5.51. The summed E-state index contributed by atoms with van der Waals surface area (Å²) in [6, 6.07) is 7.27. The Bertz CT molecular complexity index is 1200. The predicted molar refractivity (Wildman–Crippen MR) is 119 cm³/mol. The topological polar surface area (TPSA) is 83.7 Å². The van der Waals surface area contributed by atoms with E-state index in [9.17, 15) is 8.42 Å². The summed E-state index contributed by atoms with van der Waals surface area (Å²) in [4.78, 5) is 6.99. The number of hydrogen-bond donors (Lipinski definition) is 0. The van der Waals surface area contributed by atoms with Crippen molar-refractivity contribution in [3.63, 3.8) is 0 Å². The van der Waals surface area contributed by atoms with Gasteiger partial charge in [0.1, 0.15) is 5.82 Å². The SMILES string of the molecule is CC(C)(C)c1ccc(S(=O)(=O)N2CCN(c3nccn4c(C5CC5)nnc34)CC2)cc1. The van der Waals surface area contributed by atoms with Gasteiger partial charge >= 0.3 is 0 Å². The zero-order valence-electron chi connectivity index (χ0n) is 18.2. The van der Waals surface area contributed by atoms with E-state index in [-0.39, 0.29) is 5.41 Å². The molecule has 9 heteroatoms. The number of benzene rings is 1. The van der Waals surface area contributed by atoms with Crippen molar-refractivity contribution in [2.75, 3.05) is 31.1 Å². The van der Waals surface area contributed by atoms with Crippen molar-refractivity contribution in [1.29, 1.82) is 0 Å². The molecular formula is C22H28N6O2S. The summed E-state index contributed by atoms with van der Waals surface area (Å²) in [5.74, 6) is 2.27. The van der Waals surface area contributed by atoms with Gasteiger partial charge in [-0.1, -0.05) is 32.9 Å². The number of hydrogen-bond acceptors (Lipinski definition) is 6. The molecule has 164 valence electrons. The summed E-state index contributed by atoms with van der Waals surface area (Å²) < 4.78 is 29.9. The highest BCUT2D eigenvalue weighted by Crippen LogP contribution is 2.39. The molecule has 3 heterocycles. The fraction of sp³-hybridized carbons (Fsp3) is 0.500. The van der Waals surface area contributed by atoms with Crippen LogP contribution < -0.4 is 4.90 Å².